The molecule has 1 aromatic heterocycles. The molecule has 0 bridgehead atoms. The van der Waals surface area contributed by atoms with Crippen LogP contribution in [0.5, 0.6) is 0 Å². The van der Waals surface area contributed by atoms with Crippen LogP contribution in [-0.4, -0.2) is 15.4 Å². The Morgan fingerprint density at radius 2 is 2.13 bits per heavy atom. The van der Waals surface area contributed by atoms with Crippen molar-refractivity contribution in [3.8, 4) is 0 Å². The Bertz CT molecular complexity index is 323. The summed E-state index contributed by atoms with van der Waals surface area (Å²) in [4.78, 5) is 4.35. The molecule has 84 valence electrons. The van der Waals surface area contributed by atoms with E-state index in [1.807, 2.05) is 6.92 Å². The number of hydrogen-bond acceptors (Lipinski definition) is 4. The minimum absolute atomic E-state index is 0.591. The predicted molar refractivity (Wildman–Crippen MR) is 64.2 cm³/mol. The van der Waals surface area contributed by atoms with Crippen LogP contribution in [0.1, 0.15) is 38.9 Å². The van der Waals surface area contributed by atoms with Gasteiger partial charge in [0.15, 0.2) is 0 Å². The van der Waals surface area contributed by atoms with Crippen molar-refractivity contribution in [3.63, 3.8) is 0 Å². The third-order valence-electron chi connectivity index (χ3n) is 3.27. The van der Waals surface area contributed by atoms with Crippen LogP contribution in [0.25, 0.3) is 0 Å². The zero-order chi connectivity index (χ0) is 10.8. The maximum Gasteiger partial charge on any atom is 0.202 e. The molecule has 4 heteroatoms. The van der Waals surface area contributed by atoms with Gasteiger partial charge in [0.25, 0.3) is 0 Å². The maximum absolute atomic E-state index is 4.35. The van der Waals surface area contributed by atoms with Crippen LogP contribution in [0.2, 0.25) is 0 Å². The van der Waals surface area contributed by atoms with Gasteiger partial charge in [-0.1, -0.05) is 13.8 Å². The second-order valence-electron chi connectivity index (χ2n) is 4.79. The van der Waals surface area contributed by atoms with Gasteiger partial charge in [0.05, 0.1) is 0 Å². The van der Waals surface area contributed by atoms with E-state index < -0.39 is 0 Å². The Morgan fingerprint density at radius 1 is 1.33 bits per heavy atom. The van der Waals surface area contributed by atoms with Crippen LogP contribution in [0.4, 0.5) is 5.13 Å². The number of rotatable bonds is 2. The third kappa shape index (κ3) is 2.68. The monoisotopic (exact) mass is 225 g/mol. The van der Waals surface area contributed by atoms with Crippen LogP contribution in [0.15, 0.2) is 0 Å². The smallest absolute Gasteiger partial charge is 0.202 e. The van der Waals surface area contributed by atoms with E-state index in [1.165, 1.54) is 30.8 Å². The molecule has 1 aromatic rings. The van der Waals surface area contributed by atoms with Gasteiger partial charge in [-0.25, -0.2) is 4.98 Å². The van der Waals surface area contributed by atoms with Gasteiger partial charge in [0.2, 0.25) is 5.13 Å². The Hall–Kier alpha value is -0.640. The SMILES string of the molecule is Cc1nsc(NC2CCC(C)CC2C)n1. The average molecular weight is 225 g/mol. The van der Waals surface area contributed by atoms with Gasteiger partial charge < -0.3 is 5.32 Å². The van der Waals surface area contributed by atoms with E-state index in [-0.39, 0.29) is 0 Å². The third-order valence-corrected chi connectivity index (χ3v) is 4.01. The lowest BCUT2D eigenvalue weighted by Gasteiger charge is -2.32. The minimum atomic E-state index is 0.591. The van der Waals surface area contributed by atoms with E-state index in [2.05, 4.69) is 28.5 Å². The molecule has 1 aliphatic carbocycles. The highest BCUT2D eigenvalue weighted by Crippen LogP contribution is 2.30. The van der Waals surface area contributed by atoms with Crippen molar-refractivity contribution in [2.75, 3.05) is 5.32 Å². The molecule has 1 fully saturated rings. The van der Waals surface area contributed by atoms with Crippen molar-refractivity contribution < 1.29 is 0 Å². The van der Waals surface area contributed by atoms with Crippen LogP contribution in [0, 0.1) is 18.8 Å². The van der Waals surface area contributed by atoms with Crippen LogP contribution in [0.3, 0.4) is 0 Å². The first-order valence-electron chi connectivity index (χ1n) is 5.72. The van der Waals surface area contributed by atoms with Gasteiger partial charge in [0.1, 0.15) is 5.82 Å². The summed E-state index contributed by atoms with van der Waals surface area (Å²) in [7, 11) is 0. The summed E-state index contributed by atoms with van der Waals surface area (Å²) >= 11 is 1.47. The molecule has 15 heavy (non-hydrogen) atoms. The molecule has 0 spiro atoms. The zero-order valence-corrected chi connectivity index (χ0v) is 10.5. The van der Waals surface area contributed by atoms with E-state index >= 15 is 0 Å². The Labute approximate surface area is 95.5 Å². The van der Waals surface area contributed by atoms with E-state index in [1.54, 1.807) is 0 Å². The van der Waals surface area contributed by atoms with Crippen LogP contribution < -0.4 is 5.32 Å². The standard InChI is InChI=1S/C11H19N3S/c1-7-4-5-10(8(2)6-7)13-11-12-9(3)14-15-11/h7-8,10H,4-6H2,1-3H3,(H,12,13,14). The highest BCUT2D eigenvalue weighted by molar-refractivity contribution is 7.09. The van der Waals surface area contributed by atoms with Crippen LogP contribution in [-0.2, 0) is 0 Å². The van der Waals surface area contributed by atoms with Crippen LogP contribution >= 0.6 is 11.5 Å². The Morgan fingerprint density at radius 3 is 2.73 bits per heavy atom. The first-order chi connectivity index (χ1) is 7.15. The van der Waals surface area contributed by atoms with Gasteiger partial charge in [-0.05, 0) is 38.0 Å². The summed E-state index contributed by atoms with van der Waals surface area (Å²) < 4.78 is 4.19. The van der Waals surface area contributed by atoms with E-state index in [0.29, 0.717) is 6.04 Å². The summed E-state index contributed by atoms with van der Waals surface area (Å²) in [5.74, 6) is 2.51. The summed E-state index contributed by atoms with van der Waals surface area (Å²) in [6.07, 6.45) is 3.93. The number of nitrogens with zero attached hydrogens (tertiary/aromatic N) is 2. The zero-order valence-electron chi connectivity index (χ0n) is 9.66. The van der Waals surface area contributed by atoms with Gasteiger partial charge >= 0.3 is 0 Å². The van der Waals surface area contributed by atoms with Crippen molar-refractivity contribution >= 4 is 16.7 Å². The Balaban J connectivity index is 1.94. The van der Waals surface area contributed by atoms with Crippen molar-refractivity contribution in [2.24, 2.45) is 11.8 Å². The number of aromatic nitrogens is 2. The fraction of sp³-hybridized carbons (Fsp3) is 0.818. The molecule has 1 heterocycles. The quantitative estimate of drug-likeness (QED) is 0.840. The second-order valence-corrected chi connectivity index (χ2v) is 5.54. The Kier molecular flexibility index (Phi) is 3.24. The molecule has 2 rings (SSSR count). The summed E-state index contributed by atoms with van der Waals surface area (Å²) in [6, 6.07) is 0.591. The lowest BCUT2D eigenvalue weighted by atomic mass is 9.80. The fourth-order valence-electron chi connectivity index (χ4n) is 2.39. The molecule has 0 aliphatic heterocycles. The summed E-state index contributed by atoms with van der Waals surface area (Å²) in [5.41, 5.74) is 0. The minimum Gasteiger partial charge on any atom is -0.357 e. The van der Waals surface area contributed by atoms with Gasteiger partial charge in [0, 0.05) is 17.6 Å². The topological polar surface area (TPSA) is 37.8 Å². The molecule has 1 N–H and O–H groups in total. The first kappa shape index (κ1) is 10.9. The lowest BCUT2D eigenvalue weighted by Crippen LogP contribution is -2.32. The van der Waals surface area contributed by atoms with Gasteiger partial charge in [-0.15, -0.1) is 0 Å². The number of nitrogens with one attached hydrogen (secondary N) is 1. The highest BCUT2D eigenvalue weighted by atomic mass is 32.1. The molecular formula is C11H19N3S. The molecule has 3 atom stereocenters. The van der Waals surface area contributed by atoms with E-state index in [9.17, 15) is 0 Å². The van der Waals surface area contributed by atoms with Gasteiger partial charge in [-0.2, -0.15) is 4.37 Å². The highest BCUT2D eigenvalue weighted by Gasteiger charge is 2.25. The van der Waals surface area contributed by atoms with E-state index in [4.69, 9.17) is 0 Å². The largest absolute Gasteiger partial charge is 0.357 e. The van der Waals surface area contributed by atoms with Gasteiger partial charge in [-0.3, -0.25) is 0 Å². The molecule has 0 aromatic carbocycles. The number of hydrogen-bond donors (Lipinski definition) is 1. The molecule has 3 nitrogen and oxygen atoms in total. The lowest BCUT2D eigenvalue weighted by molar-refractivity contribution is 0.276. The average Bonchev–Trinajstić information content (AvgIpc) is 2.56. The molecule has 1 saturated carbocycles. The number of aryl methyl sites for hydroxylation is 1. The fourth-order valence-corrected chi connectivity index (χ4v) is 3.03. The normalized spacial score (nSPS) is 31.5. The second kappa shape index (κ2) is 4.47. The molecular weight excluding hydrogens is 206 g/mol. The maximum atomic E-state index is 4.35. The predicted octanol–water partition coefficient (Wildman–Crippen LogP) is 3.08. The van der Waals surface area contributed by atoms with Crippen molar-refractivity contribution in [1.29, 1.82) is 0 Å². The van der Waals surface area contributed by atoms with Crippen molar-refractivity contribution in [3.05, 3.63) is 5.82 Å². The summed E-state index contributed by atoms with van der Waals surface area (Å²) in [5, 5.41) is 4.50. The summed E-state index contributed by atoms with van der Waals surface area (Å²) in [6.45, 7) is 6.62. The molecule has 0 radical (unpaired) electrons. The van der Waals surface area contributed by atoms with Crippen molar-refractivity contribution in [1.82, 2.24) is 9.36 Å². The molecule has 0 saturated heterocycles. The first-order valence-corrected chi connectivity index (χ1v) is 6.49. The number of anilines is 1. The van der Waals surface area contributed by atoms with E-state index in [0.717, 1.165) is 22.8 Å². The molecule has 1 aliphatic rings. The van der Waals surface area contributed by atoms with Crippen molar-refractivity contribution in [2.45, 2.75) is 46.1 Å². The molecule has 0 amide bonds. The molecule has 3 unspecified atom stereocenters.